The Morgan fingerprint density at radius 1 is 0.840 bits per heavy atom. The Bertz CT molecular complexity index is 766. The molecule has 1 N–H and O–H groups in total. The van der Waals surface area contributed by atoms with Crippen molar-refractivity contribution in [2.45, 2.75) is 34.7 Å². The molecule has 0 amide bonds. The molecule has 2 rings (SSSR count). The van der Waals surface area contributed by atoms with E-state index in [1.54, 1.807) is 6.92 Å². The third kappa shape index (κ3) is 3.43. The van der Waals surface area contributed by atoms with Crippen LogP contribution in [0.25, 0.3) is 0 Å². The summed E-state index contributed by atoms with van der Waals surface area (Å²) in [5.74, 6) is 0. The van der Waals surface area contributed by atoms with Gasteiger partial charge in [0.15, 0.2) is 0 Å². The lowest BCUT2D eigenvalue weighted by molar-refractivity contribution is -0.377. The molecule has 0 aliphatic rings. The predicted molar refractivity (Wildman–Crippen MR) is 78.3 cm³/mol. The highest BCUT2D eigenvalue weighted by Crippen LogP contribution is 2.51. The maximum Gasteiger partial charge on any atom is 0.430 e. The molecule has 0 heterocycles. The largest absolute Gasteiger partial charge is 0.430 e. The molecule has 0 aromatic heterocycles. The van der Waals surface area contributed by atoms with Crippen LogP contribution < -0.4 is 0 Å². The van der Waals surface area contributed by atoms with E-state index >= 15 is 0 Å². The summed E-state index contributed by atoms with van der Waals surface area (Å²) in [4.78, 5) is -0.742. The van der Waals surface area contributed by atoms with E-state index in [1.807, 2.05) is 0 Å². The molecule has 136 valence electrons. The monoisotopic (exact) mass is 382 g/mol. The van der Waals surface area contributed by atoms with Gasteiger partial charge in [-0.2, -0.15) is 26.3 Å². The Labute approximate surface area is 141 Å². The maximum atomic E-state index is 13.1. The molecule has 0 saturated carbocycles. The van der Waals surface area contributed by atoms with Gasteiger partial charge in [-0.3, -0.25) is 0 Å². The molecule has 2 aromatic carbocycles. The summed E-state index contributed by atoms with van der Waals surface area (Å²) in [5, 5.41) is 9.59. The Hall–Kier alpha value is -1.87. The normalized spacial score (nSPS) is 14.4. The van der Waals surface area contributed by atoms with E-state index in [9.17, 15) is 35.7 Å². The number of aryl methyl sites for hydroxylation is 1. The smallest absolute Gasteiger partial charge is 0.369 e. The quantitative estimate of drug-likeness (QED) is 0.796. The molecule has 0 fully saturated rings. The van der Waals surface area contributed by atoms with Crippen LogP contribution in [0.4, 0.5) is 26.3 Å². The van der Waals surface area contributed by atoms with E-state index < -0.39 is 39.2 Å². The Morgan fingerprint density at radius 2 is 1.32 bits per heavy atom. The Kier molecular flexibility index (Phi) is 5.02. The van der Waals surface area contributed by atoms with Crippen molar-refractivity contribution in [1.82, 2.24) is 0 Å². The number of hydrogen-bond acceptors (Lipinski definition) is 2. The third-order valence-electron chi connectivity index (χ3n) is 3.53. The molecule has 1 atom stereocenters. The number of benzene rings is 2. The summed E-state index contributed by atoms with van der Waals surface area (Å²) in [6.45, 7) is 1.71. The molecule has 2 nitrogen and oxygen atoms in total. The van der Waals surface area contributed by atoms with E-state index in [0.29, 0.717) is 6.07 Å². The van der Waals surface area contributed by atoms with Crippen molar-refractivity contribution in [1.29, 1.82) is 0 Å². The van der Waals surface area contributed by atoms with E-state index in [0.717, 1.165) is 23.8 Å². The Balaban J connectivity index is 2.68. The van der Waals surface area contributed by atoms with Crippen LogP contribution in [-0.4, -0.2) is 21.7 Å². The molecule has 2 aromatic rings. The fraction of sp³-hybridized carbons (Fsp3) is 0.250. The highest BCUT2D eigenvalue weighted by atomic mass is 32.2. The first-order chi connectivity index (χ1) is 11.4. The molecular weight excluding hydrogens is 370 g/mol. The summed E-state index contributed by atoms with van der Waals surface area (Å²) in [5.41, 5.74) is -5.86. The minimum absolute atomic E-state index is 0.0183. The summed E-state index contributed by atoms with van der Waals surface area (Å²) in [6.07, 6.45) is -12.1. The van der Waals surface area contributed by atoms with Gasteiger partial charge >= 0.3 is 12.4 Å². The molecule has 0 aliphatic heterocycles. The molecule has 25 heavy (non-hydrogen) atoms. The minimum Gasteiger partial charge on any atom is -0.369 e. The van der Waals surface area contributed by atoms with Crippen LogP contribution in [0.3, 0.4) is 0 Å². The number of hydrogen-bond donors (Lipinski definition) is 1. The first-order valence-electron chi connectivity index (χ1n) is 6.83. The van der Waals surface area contributed by atoms with Crippen LogP contribution in [0.1, 0.15) is 11.1 Å². The predicted octanol–water partition coefficient (Wildman–Crippen LogP) is 4.47. The second kappa shape index (κ2) is 6.45. The number of aliphatic hydroxyl groups is 1. The van der Waals surface area contributed by atoms with Gasteiger partial charge in [0.1, 0.15) is 0 Å². The van der Waals surface area contributed by atoms with Crippen molar-refractivity contribution >= 4 is 10.8 Å². The van der Waals surface area contributed by atoms with Gasteiger partial charge < -0.3 is 5.11 Å². The lowest BCUT2D eigenvalue weighted by atomic mass is 9.92. The average molecular weight is 382 g/mol. The van der Waals surface area contributed by atoms with Gasteiger partial charge in [-0.15, -0.1) is 0 Å². The maximum absolute atomic E-state index is 13.1. The second-order valence-corrected chi connectivity index (χ2v) is 6.73. The number of halogens is 6. The van der Waals surface area contributed by atoms with Gasteiger partial charge in [0.25, 0.3) is 5.60 Å². The minimum atomic E-state index is -6.04. The lowest BCUT2D eigenvalue weighted by Crippen LogP contribution is -2.54. The zero-order valence-corrected chi connectivity index (χ0v) is 13.5. The molecule has 0 spiro atoms. The first kappa shape index (κ1) is 19.5. The topological polar surface area (TPSA) is 37.3 Å². The third-order valence-corrected chi connectivity index (χ3v) is 4.99. The van der Waals surface area contributed by atoms with Gasteiger partial charge in [-0.1, -0.05) is 35.9 Å². The average Bonchev–Trinajstić information content (AvgIpc) is 2.52. The van der Waals surface area contributed by atoms with Crippen LogP contribution in [0.15, 0.2) is 58.3 Å². The van der Waals surface area contributed by atoms with Gasteiger partial charge in [0, 0.05) is 10.5 Å². The van der Waals surface area contributed by atoms with Crippen LogP contribution in [0.2, 0.25) is 0 Å². The molecule has 9 heteroatoms. The van der Waals surface area contributed by atoms with Gasteiger partial charge in [0.2, 0.25) is 0 Å². The van der Waals surface area contributed by atoms with E-state index in [1.165, 1.54) is 24.3 Å². The summed E-state index contributed by atoms with van der Waals surface area (Å²) < 4.78 is 91.2. The Morgan fingerprint density at radius 3 is 1.80 bits per heavy atom. The molecule has 0 aliphatic carbocycles. The molecular formula is C16H12F6O2S. The molecule has 0 radical (unpaired) electrons. The highest BCUT2D eigenvalue weighted by molar-refractivity contribution is 7.85. The van der Waals surface area contributed by atoms with Crippen molar-refractivity contribution in [3.05, 3.63) is 59.7 Å². The second-order valence-electron chi connectivity index (χ2n) is 5.28. The van der Waals surface area contributed by atoms with Crippen LogP contribution in [-0.2, 0) is 16.4 Å². The zero-order valence-electron chi connectivity index (χ0n) is 12.7. The fourth-order valence-electron chi connectivity index (χ4n) is 2.18. The first-order valence-corrected chi connectivity index (χ1v) is 7.98. The highest BCUT2D eigenvalue weighted by Gasteiger charge is 2.72. The summed E-state index contributed by atoms with van der Waals surface area (Å²) in [7, 11) is -2.34. The summed E-state index contributed by atoms with van der Waals surface area (Å²) in [6, 6.07) is 9.12. The van der Waals surface area contributed by atoms with Crippen molar-refractivity contribution in [2.24, 2.45) is 0 Å². The SMILES string of the molecule is Cc1ccc([S@@](=O)c2ccccc2C(O)(C(F)(F)F)C(F)(F)F)cc1. The van der Waals surface area contributed by atoms with Crippen molar-refractivity contribution in [2.75, 3.05) is 0 Å². The van der Waals surface area contributed by atoms with Crippen LogP contribution in [0, 0.1) is 6.92 Å². The van der Waals surface area contributed by atoms with Crippen molar-refractivity contribution in [3.8, 4) is 0 Å². The van der Waals surface area contributed by atoms with Crippen molar-refractivity contribution in [3.63, 3.8) is 0 Å². The molecule has 0 unspecified atom stereocenters. The van der Waals surface area contributed by atoms with Gasteiger partial charge in [0.05, 0.1) is 15.7 Å². The van der Waals surface area contributed by atoms with Gasteiger partial charge in [-0.05, 0) is 25.1 Å². The van der Waals surface area contributed by atoms with E-state index in [-0.39, 0.29) is 4.90 Å². The fourth-order valence-corrected chi connectivity index (χ4v) is 3.44. The molecule has 0 bridgehead atoms. The number of rotatable bonds is 3. The van der Waals surface area contributed by atoms with E-state index in [2.05, 4.69) is 0 Å². The van der Waals surface area contributed by atoms with Crippen LogP contribution in [0.5, 0.6) is 0 Å². The summed E-state index contributed by atoms with van der Waals surface area (Å²) >= 11 is 0. The number of alkyl halides is 6. The standard InChI is InChI=1S/C16H12F6O2S/c1-10-6-8-11(9-7-10)25(24)13-5-3-2-4-12(13)14(23,15(17,18)19)16(20,21)22/h2-9,23H,1H3/t25-/m1/s1. The lowest BCUT2D eigenvalue weighted by Gasteiger charge is -2.33. The van der Waals surface area contributed by atoms with Gasteiger partial charge in [-0.25, -0.2) is 4.21 Å². The zero-order chi connectivity index (χ0) is 19.0. The molecule has 0 saturated heterocycles. The van der Waals surface area contributed by atoms with E-state index in [4.69, 9.17) is 0 Å². The van der Waals surface area contributed by atoms with Crippen molar-refractivity contribution < 1.29 is 35.7 Å². The van der Waals surface area contributed by atoms with Crippen LogP contribution >= 0.6 is 0 Å².